The highest BCUT2D eigenvalue weighted by atomic mass is 32.2. The van der Waals surface area contributed by atoms with Gasteiger partial charge in [0, 0.05) is 11.1 Å². The fourth-order valence-electron chi connectivity index (χ4n) is 1.83. The van der Waals surface area contributed by atoms with E-state index in [4.69, 9.17) is 0 Å². The molecule has 0 radical (unpaired) electrons. The Morgan fingerprint density at radius 3 is 2.76 bits per heavy atom. The third-order valence-corrected chi connectivity index (χ3v) is 5.55. The fraction of sp³-hybridized carbons (Fsp3) is 0.308. The quantitative estimate of drug-likeness (QED) is 0.880. The van der Waals surface area contributed by atoms with Gasteiger partial charge in [-0.1, -0.05) is 6.07 Å². The number of rotatable bonds is 5. The highest BCUT2D eigenvalue weighted by Gasteiger charge is 2.23. The lowest BCUT2D eigenvalue weighted by Crippen LogP contribution is -2.27. The van der Waals surface area contributed by atoms with Gasteiger partial charge in [-0.2, -0.15) is 0 Å². The van der Waals surface area contributed by atoms with E-state index >= 15 is 0 Å². The van der Waals surface area contributed by atoms with E-state index in [1.54, 1.807) is 13.1 Å². The molecular weight excluding hydrogens is 315 g/mol. The number of aliphatic hydroxyl groups excluding tert-OH is 1. The second kappa shape index (κ2) is 6.18. The normalized spacial score (nSPS) is 13.3. The molecule has 2 aromatic rings. The van der Waals surface area contributed by atoms with E-state index < -0.39 is 28.5 Å². The van der Waals surface area contributed by atoms with Crippen molar-refractivity contribution >= 4 is 21.4 Å². The van der Waals surface area contributed by atoms with E-state index in [0.717, 1.165) is 17.0 Å². The van der Waals surface area contributed by atoms with Crippen LogP contribution in [0.15, 0.2) is 29.3 Å². The van der Waals surface area contributed by atoms with E-state index in [1.807, 2.05) is 6.92 Å². The fourth-order valence-corrected chi connectivity index (χ4v) is 4.13. The molecule has 1 aromatic carbocycles. The molecule has 1 unspecified atom stereocenters. The molecule has 0 spiro atoms. The number of aliphatic hydroxyl groups is 1. The van der Waals surface area contributed by atoms with Crippen LogP contribution in [0.4, 0.5) is 4.39 Å². The van der Waals surface area contributed by atoms with Gasteiger partial charge in [-0.25, -0.2) is 22.5 Å². The van der Waals surface area contributed by atoms with Crippen LogP contribution >= 0.6 is 11.3 Å². The minimum Gasteiger partial charge on any atom is -0.392 e. The molecule has 0 aliphatic heterocycles. The molecule has 0 bridgehead atoms. The van der Waals surface area contributed by atoms with Gasteiger partial charge in [0.05, 0.1) is 17.5 Å². The Morgan fingerprint density at radius 2 is 2.19 bits per heavy atom. The molecular formula is C13H15FN2O3S2. The summed E-state index contributed by atoms with van der Waals surface area (Å²) in [6.07, 6.45) is 1.66. The second-order valence-corrected chi connectivity index (χ2v) is 7.51. The molecule has 21 heavy (non-hydrogen) atoms. The number of nitrogens with one attached hydrogen (secondary N) is 1. The topological polar surface area (TPSA) is 79.3 Å². The zero-order chi connectivity index (χ0) is 15.6. The minimum absolute atomic E-state index is 0.145. The molecule has 1 aromatic heterocycles. The van der Waals surface area contributed by atoms with Crippen LogP contribution in [0, 0.1) is 12.7 Å². The van der Waals surface area contributed by atoms with Crippen LogP contribution in [0.2, 0.25) is 0 Å². The summed E-state index contributed by atoms with van der Waals surface area (Å²) in [4.78, 5) is 4.83. The van der Waals surface area contributed by atoms with Crippen molar-refractivity contribution in [2.24, 2.45) is 0 Å². The molecule has 1 heterocycles. The molecule has 2 N–H and O–H groups in total. The van der Waals surface area contributed by atoms with Crippen molar-refractivity contribution in [3.8, 4) is 0 Å². The summed E-state index contributed by atoms with van der Waals surface area (Å²) >= 11 is 1.38. The van der Waals surface area contributed by atoms with E-state index in [2.05, 4.69) is 9.71 Å². The molecule has 5 nitrogen and oxygen atoms in total. The summed E-state index contributed by atoms with van der Waals surface area (Å²) < 4.78 is 40.4. The second-order valence-electron chi connectivity index (χ2n) is 4.56. The van der Waals surface area contributed by atoms with E-state index in [-0.39, 0.29) is 10.5 Å². The third-order valence-electron chi connectivity index (χ3n) is 2.83. The Kier molecular flexibility index (Phi) is 4.72. The van der Waals surface area contributed by atoms with E-state index in [0.29, 0.717) is 5.01 Å². The van der Waals surface area contributed by atoms with Crippen molar-refractivity contribution in [1.29, 1.82) is 0 Å². The molecule has 0 fully saturated rings. The Hall–Kier alpha value is -1.35. The van der Waals surface area contributed by atoms with Crippen molar-refractivity contribution in [3.05, 3.63) is 45.7 Å². The first-order chi connectivity index (χ1) is 9.83. The van der Waals surface area contributed by atoms with Crippen LogP contribution in [-0.4, -0.2) is 18.5 Å². The SMILES string of the molecule is Cc1cnc(C(C)NS(=O)(=O)c2cc(F)ccc2CO)s1. The molecule has 0 saturated carbocycles. The monoisotopic (exact) mass is 330 g/mol. The average Bonchev–Trinajstić information content (AvgIpc) is 2.85. The Labute approximate surface area is 126 Å². The molecule has 0 amide bonds. The first-order valence-electron chi connectivity index (χ1n) is 6.17. The maximum atomic E-state index is 13.3. The number of halogens is 1. The lowest BCUT2D eigenvalue weighted by molar-refractivity contribution is 0.278. The van der Waals surface area contributed by atoms with Gasteiger partial charge in [0.15, 0.2) is 0 Å². The Morgan fingerprint density at radius 1 is 1.48 bits per heavy atom. The first kappa shape index (κ1) is 16.0. The number of hydrogen-bond acceptors (Lipinski definition) is 5. The summed E-state index contributed by atoms with van der Waals surface area (Å²) in [5, 5.41) is 9.83. The van der Waals surface area contributed by atoms with Gasteiger partial charge in [0.25, 0.3) is 0 Å². The van der Waals surface area contributed by atoms with Crippen LogP contribution in [0.1, 0.15) is 28.4 Å². The van der Waals surface area contributed by atoms with Gasteiger partial charge in [-0.05, 0) is 31.5 Å². The maximum Gasteiger partial charge on any atom is 0.241 e. The Bertz CT molecular complexity index is 744. The number of hydrogen-bond donors (Lipinski definition) is 2. The predicted molar refractivity (Wildman–Crippen MR) is 77.9 cm³/mol. The van der Waals surface area contributed by atoms with Crippen LogP contribution in [0.3, 0.4) is 0 Å². The lowest BCUT2D eigenvalue weighted by Gasteiger charge is -2.14. The van der Waals surface area contributed by atoms with Crippen LogP contribution in [-0.2, 0) is 16.6 Å². The standard InChI is InChI=1S/C13H15FN2O3S2/c1-8-6-15-13(20-8)9(2)16-21(18,19)12-5-11(14)4-3-10(12)7-17/h3-6,9,16-17H,7H2,1-2H3. The van der Waals surface area contributed by atoms with Gasteiger partial charge in [0.1, 0.15) is 10.8 Å². The highest BCUT2D eigenvalue weighted by molar-refractivity contribution is 7.89. The lowest BCUT2D eigenvalue weighted by atomic mass is 10.2. The zero-order valence-corrected chi connectivity index (χ0v) is 13.1. The van der Waals surface area contributed by atoms with Crippen LogP contribution in [0.5, 0.6) is 0 Å². The molecule has 0 aliphatic rings. The number of aryl methyl sites for hydroxylation is 1. The number of sulfonamides is 1. The number of aromatic nitrogens is 1. The average molecular weight is 330 g/mol. The summed E-state index contributed by atoms with van der Waals surface area (Å²) in [5.41, 5.74) is 0.145. The summed E-state index contributed by atoms with van der Waals surface area (Å²) in [6.45, 7) is 3.05. The van der Waals surface area contributed by atoms with Crippen molar-refractivity contribution in [1.82, 2.24) is 9.71 Å². The predicted octanol–water partition coefficient (Wildman–Crippen LogP) is 2.12. The summed E-state index contributed by atoms with van der Waals surface area (Å²) in [6, 6.07) is 2.72. The molecule has 0 saturated heterocycles. The van der Waals surface area contributed by atoms with E-state index in [9.17, 15) is 17.9 Å². The van der Waals surface area contributed by atoms with Crippen LogP contribution in [0.25, 0.3) is 0 Å². The van der Waals surface area contributed by atoms with Crippen molar-refractivity contribution in [2.45, 2.75) is 31.4 Å². The molecule has 1 atom stereocenters. The molecule has 8 heteroatoms. The maximum absolute atomic E-state index is 13.3. The van der Waals surface area contributed by atoms with Gasteiger partial charge >= 0.3 is 0 Å². The minimum atomic E-state index is -3.95. The van der Waals surface area contributed by atoms with Crippen molar-refractivity contribution < 1.29 is 17.9 Å². The highest BCUT2D eigenvalue weighted by Crippen LogP contribution is 2.23. The first-order valence-corrected chi connectivity index (χ1v) is 8.47. The van der Waals surface area contributed by atoms with Crippen LogP contribution < -0.4 is 4.72 Å². The molecule has 0 aliphatic carbocycles. The van der Waals surface area contributed by atoms with E-state index in [1.165, 1.54) is 17.4 Å². The Balaban J connectivity index is 2.32. The van der Waals surface area contributed by atoms with Gasteiger partial charge in [-0.15, -0.1) is 11.3 Å². The van der Waals surface area contributed by atoms with Gasteiger partial charge < -0.3 is 5.11 Å². The summed E-state index contributed by atoms with van der Waals surface area (Å²) in [7, 11) is -3.95. The third kappa shape index (κ3) is 3.65. The largest absolute Gasteiger partial charge is 0.392 e. The smallest absolute Gasteiger partial charge is 0.241 e. The molecule has 114 valence electrons. The van der Waals surface area contributed by atoms with Gasteiger partial charge in [0.2, 0.25) is 10.0 Å². The van der Waals surface area contributed by atoms with Crippen molar-refractivity contribution in [2.75, 3.05) is 0 Å². The summed E-state index contributed by atoms with van der Waals surface area (Å²) in [5.74, 6) is -0.676. The zero-order valence-electron chi connectivity index (χ0n) is 11.5. The van der Waals surface area contributed by atoms with Gasteiger partial charge in [-0.3, -0.25) is 0 Å². The number of thiazole rings is 1. The molecule has 2 rings (SSSR count). The van der Waals surface area contributed by atoms with Crippen molar-refractivity contribution in [3.63, 3.8) is 0 Å². The number of nitrogens with zero attached hydrogens (tertiary/aromatic N) is 1. The number of benzene rings is 1.